The Balaban J connectivity index is 3.13. The van der Waals surface area contributed by atoms with Crippen molar-refractivity contribution in [1.82, 2.24) is 0 Å². The Morgan fingerprint density at radius 1 is 1.33 bits per heavy atom. The normalized spacial score (nSPS) is 11.5. The molecule has 0 fully saturated rings. The second-order valence-corrected chi connectivity index (χ2v) is 4.07. The quantitative estimate of drug-likeness (QED) is 0.791. The average molecular weight is 210 g/mol. The van der Waals surface area contributed by atoms with Gasteiger partial charge in [-0.1, -0.05) is 6.07 Å². The number of hydrogen-bond donors (Lipinski definition) is 2. The van der Waals surface area contributed by atoms with E-state index >= 15 is 0 Å². The molecule has 0 saturated carbocycles. The Labute approximate surface area is 90.3 Å². The van der Waals surface area contributed by atoms with Gasteiger partial charge < -0.3 is 14.9 Å². The number of benzene rings is 1. The first-order valence-electron chi connectivity index (χ1n) is 4.99. The standard InChI is InChI=1S/C12H18O3/c1-12(2,14)10-8-9(6-7-13)4-5-11(10)15-3/h4-5,8,13-14H,6-7H2,1-3H3. The van der Waals surface area contributed by atoms with E-state index in [-0.39, 0.29) is 6.61 Å². The molecule has 0 bridgehead atoms. The number of hydrogen-bond acceptors (Lipinski definition) is 3. The number of aliphatic hydroxyl groups excluding tert-OH is 1. The highest BCUT2D eigenvalue weighted by atomic mass is 16.5. The highest BCUT2D eigenvalue weighted by molar-refractivity contribution is 5.40. The fraction of sp³-hybridized carbons (Fsp3) is 0.500. The monoisotopic (exact) mass is 210 g/mol. The minimum atomic E-state index is -0.934. The largest absolute Gasteiger partial charge is 0.496 e. The molecule has 0 heterocycles. The summed E-state index contributed by atoms with van der Waals surface area (Å²) in [6.45, 7) is 3.54. The molecule has 0 radical (unpaired) electrons. The molecule has 0 aliphatic heterocycles. The van der Waals surface area contributed by atoms with Crippen molar-refractivity contribution in [2.75, 3.05) is 13.7 Å². The van der Waals surface area contributed by atoms with Gasteiger partial charge in [-0.25, -0.2) is 0 Å². The Morgan fingerprint density at radius 3 is 2.47 bits per heavy atom. The second kappa shape index (κ2) is 4.64. The van der Waals surface area contributed by atoms with Gasteiger partial charge in [-0.05, 0) is 38.0 Å². The van der Waals surface area contributed by atoms with Crippen molar-refractivity contribution in [2.24, 2.45) is 0 Å². The lowest BCUT2D eigenvalue weighted by molar-refractivity contribution is 0.0755. The molecular formula is C12H18O3. The van der Waals surface area contributed by atoms with Crippen LogP contribution in [0, 0.1) is 0 Å². The molecule has 15 heavy (non-hydrogen) atoms. The first kappa shape index (κ1) is 12.0. The Kier molecular flexibility index (Phi) is 3.72. The SMILES string of the molecule is COc1ccc(CCO)cc1C(C)(C)O. The molecule has 1 aromatic carbocycles. The fourth-order valence-corrected chi connectivity index (χ4v) is 1.52. The van der Waals surface area contributed by atoms with E-state index in [1.54, 1.807) is 21.0 Å². The van der Waals surface area contributed by atoms with Gasteiger partial charge in [-0.3, -0.25) is 0 Å². The molecule has 0 amide bonds. The van der Waals surface area contributed by atoms with E-state index in [9.17, 15) is 5.11 Å². The van der Waals surface area contributed by atoms with Crippen LogP contribution >= 0.6 is 0 Å². The lowest BCUT2D eigenvalue weighted by Crippen LogP contribution is -2.17. The summed E-state index contributed by atoms with van der Waals surface area (Å²) < 4.78 is 5.18. The highest BCUT2D eigenvalue weighted by Gasteiger charge is 2.21. The van der Waals surface area contributed by atoms with Crippen molar-refractivity contribution in [3.8, 4) is 5.75 Å². The van der Waals surface area contributed by atoms with Gasteiger partial charge in [0, 0.05) is 12.2 Å². The smallest absolute Gasteiger partial charge is 0.124 e. The molecule has 2 N–H and O–H groups in total. The van der Waals surface area contributed by atoms with Crippen LogP contribution in [-0.2, 0) is 12.0 Å². The van der Waals surface area contributed by atoms with Crippen LogP contribution in [0.1, 0.15) is 25.0 Å². The van der Waals surface area contributed by atoms with Gasteiger partial charge in [-0.2, -0.15) is 0 Å². The summed E-state index contributed by atoms with van der Waals surface area (Å²) in [6, 6.07) is 5.58. The summed E-state index contributed by atoms with van der Waals surface area (Å²) in [7, 11) is 1.58. The molecule has 3 heteroatoms. The van der Waals surface area contributed by atoms with Crippen molar-refractivity contribution < 1.29 is 14.9 Å². The summed E-state index contributed by atoms with van der Waals surface area (Å²) in [5.74, 6) is 0.671. The molecule has 1 aromatic rings. The van der Waals surface area contributed by atoms with Crippen molar-refractivity contribution in [2.45, 2.75) is 25.9 Å². The molecule has 1 rings (SSSR count). The Bertz CT molecular complexity index is 326. The zero-order chi connectivity index (χ0) is 11.5. The first-order valence-corrected chi connectivity index (χ1v) is 4.99. The van der Waals surface area contributed by atoms with Gasteiger partial charge in [-0.15, -0.1) is 0 Å². The third-order valence-corrected chi connectivity index (χ3v) is 2.32. The van der Waals surface area contributed by atoms with Crippen LogP contribution in [-0.4, -0.2) is 23.9 Å². The van der Waals surface area contributed by atoms with Gasteiger partial charge >= 0.3 is 0 Å². The topological polar surface area (TPSA) is 49.7 Å². The van der Waals surface area contributed by atoms with Crippen molar-refractivity contribution >= 4 is 0 Å². The van der Waals surface area contributed by atoms with Gasteiger partial charge in [0.05, 0.1) is 12.7 Å². The molecular weight excluding hydrogens is 192 g/mol. The van der Waals surface area contributed by atoms with Crippen LogP contribution in [0.4, 0.5) is 0 Å². The number of aliphatic hydroxyl groups is 2. The fourth-order valence-electron chi connectivity index (χ4n) is 1.52. The molecule has 0 aromatic heterocycles. The van der Waals surface area contributed by atoms with E-state index in [1.807, 2.05) is 18.2 Å². The maximum absolute atomic E-state index is 9.95. The summed E-state index contributed by atoms with van der Waals surface area (Å²) in [6.07, 6.45) is 0.590. The maximum Gasteiger partial charge on any atom is 0.124 e. The molecule has 0 aliphatic rings. The van der Waals surface area contributed by atoms with Gasteiger partial charge in [0.25, 0.3) is 0 Å². The van der Waals surface area contributed by atoms with E-state index in [0.29, 0.717) is 12.2 Å². The molecule has 0 unspecified atom stereocenters. The van der Waals surface area contributed by atoms with Crippen LogP contribution in [0.15, 0.2) is 18.2 Å². The van der Waals surface area contributed by atoms with Crippen LogP contribution in [0.2, 0.25) is 0 Å². The van der Waals surface area contributed by atoms with Crippen molar-refractivity contribution in [3.05, 3.63) is 29.3 Å². The zero-order valence-electron chi connectivity index (χ0n) is 9.45. The summed E-state index contributed by atoms with van der Waals surface area (Å²) in [5, 5.41) is 18.8. The minimum Gasteiger partial charge on any atom is -0.496 e. The summed E-state index contributed by atoms with van der Waals surface area (Å²) in [5.41, 5.74) is 0.808. The molecule has 0 spiro atoms. The van der Waals surface area contributed by atoms with Crippen LogP contribution < -0.4 is 4.74 Å². The first-order chi connectivity index (χ1) is 6.99. The molecule has 0 aliphatic carbocycles. The van der Waals surface area contributed by atoms with Gasteiger partial charge in [0.1, 0.15) is 5.75 Å². The predicted molar refractivity (Wildman–Crippen MR) is 59.0 cm³/mol. The predicted octanol–water partition coefficient (Wildman–Crippen LogP) is 1.46. The summed E-state index contributed by atoms with van der Waals surface area (Å²) >= 11 is 0. The number of methoxy groups -OCH3 is 1. The lowest BCUT2D eigenvalue weighted by atomic mass is 9.94. The van der Waals surface area contributed by atoms with Gasteiger partial charge in [0.2, 0.25) is 0 Å². The highest BCUT2D eigenvalue weighted by Crippen LogP contribution is 2.30. The average Bonchev–Trinajstić information content (AvgIpc) is 2.17. The van der Waals surface area contributed by atoms with Crippen LogP contribution in [0.25, 0.3) is 0 Å². The van der Waals surface area contributed by atoms with Crippen LogP contribution in [0.3, 0.4) is 0 Å². The van der Waals surface area contributed by atoms with Crippen molar-refractivity contribution in [3.63, 3.8) is 0 Å². The molecule has 0 atom stereocenters. The third kappa shape index (κ3) is 2.94. The van der Waals surface area contributed by atoms with Crippen LogP contribution in [0.5, 0.6) is 5.75 Å². The van der Waals surface area contributed by atoms with E-state index in [0.717, 1.165) is 11.1 Å². The zero-order valence-corrected chi connectivity index (χ0v) is 9.45. The van der Waals surface area contributed by atoms with E-state index in [4.69, 9.17) is 9.84 Å². The summed E-state index contributed by atoms with van der Waals surface area (Å²) in [4.78, 5) is 0. The Morgan fingerprint density at radius 2 is 2.00 bits per heavy atom. The third-order valence-electron chi connectivity index (χ3n) is 2.32. The second-order valence-electron chi connectivity index (χ2n) is 4.07. The molecule has 0 saturated heterocycles. The number of rotatable bonds is 4. The molecule has 84 valence electrons. The lowest BCUT2D eigenvalue weighted by Gasteiger charge is -2.21. The molecule has 3 nitrogen and oxygen atoms in total. The number of ether oxygens (including phenoxy) is 1. The van der Waals surface area contributed by atoms with Crippen molar-refractivity contribution in [1.29, 1.82) is 0 Å². The van der Waals surface area contributed by atoms with E-state index < -0.39 is 5.60 Å². The van der Waals surface area contributed by atoms with E-state index in [2.05, 4.69) is 0 Å². The maximum atomic E-state index is 9.95. The Hall–Kier alpha value is -1.06. The minimum absolute atomic E-state index is 0.109. The van der Waals surface area contributed by atoms with Gasteiger partial charge in [0.15, 0.2) is 0 Å². The van der Waals surface area contributed by atoms with E-state index in [1.165, 1.54) is 0 Å².